The van der Waals surface area contributed by atoms with E-state index in [1.165, 1.54) is 25.1 Å². The number of carboxylic acids is 1. The first-order valence-electron chi connectivity index (χ1n) is 3.91. The van der Waals surface area contributed by atoms with E-state index in [1.54, 1.807) is 0 Å². The van der Waals surface area contributed by atoms with Gasteiger partial charge in [-0.1, -0.05) is 6.07 Å². The van der Waals surface area contributed by atoms with E-state index in [9.17, 15) is 15.0 Å². The van der Waals surface area contributed by atoms with Crippen molar-refractivity contribution in [2.24, 2.45) is 5.73 Å². The van der Waals surface area contributed by atoms with Crippen molar-refractivity contribution in [2.75, 3.05) is 0 Å². The second-order valence-corrected chi connectivity index (χ2v) is 3.18. The highest BCUT2D eigenvalue weighted by Crippen LogP contribution is 2.34. The Labute approximate surface area is 80.4 Å². The number of nitrogens with two attached hydrogens (primary N) is 1. The predicted octanol–water partition coefficient (Wildman–Crippen LogP) is 0.356. The minimum absolute atomic E-state index is 0.187. The van der Waals surface area contributed by atoms with Crippen molar-refractivity contribution >= 4 is 5.97 Å². The van der Waals surface area contributed by atoms with Crippen molar-refractivity contribution in [3.63, 3.8) is 0 Å². The number of carbonyl (C=O) groups is 1. The molecule has 1 rings (SSSR count). The summed E-state index contributed by atoms with van der Waals surface area (Å²) in [7, 11) is 0. The Morgan fingerprint density at radius 3 is 2.14 bits per heavy atom. The second kappa shape index (κ2) is 3.19. The molecule has 0 fully saturated rings. The van der Waals surface area contributed by atoms with Crippen LogP contribution in [0.15, 0.2) is 18.2 Å². The van der Waals surface area contributed by atoms with E-state index in [0.717, 1.165) is 0 Å². The van der Waals surface area contributed by atoms with E-state index in [-0.39, 0.29) is 17.1 Å². The Hall–Kier alpha value is -1.75. The van der Waals surface area contributed by atoms with E-state index in [2.05, 4.69) is 0 Å². The minimum Gasteiger partial charge on any atom is -0.507 e. The molecule has 0 saturated heterocycles. The Morgan fingerprint density at radius 1 is 1.36 bits per heavy atom. The molecule has 0 unspecified atom stereocenters. The summed E-state index contributed by atoms with van der Waals surface area (Å²) >= 11 is 0. The van der Waals surface area contributed by atoms with E-state index < -0.39 is 11.5 Å². The van der Waals surface area contributed by atoms with Crippen LogP contribution in [0.1, 0.15) is 12.5 Å². The molecule has 0 spiro atoms. The number of carboxylic acid groups (broad SMARTS) is 1. The van der Waals surface area contributed by atoms with Crippen molar-refractivity contribution in [3.05, 3.63) is 23.8 Å². The zero-order valence-corrected chi connectivity index (χ0v) is 7.56. The van der Waals surface area contributed by atoms with Gasteiger partial charge in [0.25, 0.3) is 0 Å². The number of phenols is 2. The third-order valence-corrected chi connectivity index (χ3v) is 1.98. The lowest BCUT2D eigenvalue weighted by molar-refractivity contribution is -0.143. The minimum atomic E-state index is -1.81. The average Bonchev–Trinajstić information content (AvgIpc) is 2.02. The van der Waals surface area contributed by atoms with Crippen LogP contribution >= 0.6 is 0 Å². The molecule has 0 aliphatic heterocycles. The van der Waals surface area contributed by atoms with Gasteiger partial charge in [-0.25, -0.2) is 4.79 Å². The van der Waals surface area contributed by atoms with Crippen LogP contribution in [0.25, 0.3) is 0 Å². The number of aromatic hydroxyl groups is 2. The fraction of sp³-hybridized carbons (Fsp3) is 0.222. The summed E-state index contributed by atoms with van der Waals surface area (Å²) in [6.45, 7) is 1.20. The summed E-state index contributed by atoms with van der Waals surface area (Å²) in [5.74, 6) is -2.00. The van der Waals surface area contributed by atoms with Crippen LogP contribution in [0, 0.1) is 0 Å². The smallest absolute Gasteiger partial charge is 0.328 e. The van der Waals surface area contributed by atoms with Gasteiger partial charge in [0.2, 0.25) is 0 Å². The van der Waals surface area contributed by atoms with Crippen molar-refractivity contribution < 1.29 is 20.1 Å². The Kier molecular flexibility index (Phi) is 2.35. The van der Waals surface area contributed by atoms with Gasteiger partial charge in [0.15, 0.2) is 0 Å². The Balaban J connectivity index is 3.38. The molecule has 0 aliphatic rings. The van der Waals surface area contributed by atoms with Gasteiger partial charge in [-0.3, -0.25) is 0 Å². The van der Waals surface area contributed by atoms with Gasteiger partial charge in [-0.05, 0) is 19.1 Å². The zero-order valence-electron chi connectivity index (χ0n) is 7.56. The van der Waals surface area contributed by atoms with Crippen molar-refractivity contribution in [2.45, 2.75) is 12.5 Å². The lowest BCUT2D eigenvalue weighted by Crippen LogP contribution is -2.41. The molecule has 76 valence electrons. The van der Waals surface area contributed by atoms with Crippen LogP contribution in [-0.4, -0.2) is 21.3 Å². The molecule has 5 nitrogen and oxygen atoms in total. The van der Waals surface area contributed by atoms with Gasteiger partial charge in [-0.2, -0.15) is 0 Å². The van der Waals surface area contributed by atoms with Crippen LogP contribution in [0.5, 0.6) is 11.5 Å². The van der Waals surface area contributed by atoms with Gasteiger partial charge < -0.3 is 21.1 Å². The molecular formula is C9H11NO4. The van der Waals surface area contributed by atoms with Crippen molar-refractivity contribution in [3.8, 4) is 11.5 Å². The monoisotopic (exact) mass is 197 g/mol. The lowest BCUT2D eigenvalue weighted by atomic mass is 9.91. The molecule has 0 amide bonds. The third-order valence-electron chi connectivity index (χ3n) is 1.98. The normalized spacial score (nSPS) is 14.7. The molecule has 0 bridgehead atoms. The first kappa shape index (κ1) is 10.3. The van der Waals surface area contributed by atoms with Gasteiger partial charge in [0, 0.05) is 0 Å². The van der Waals surface area contributed by atoms with Crippen LogP contribution in [0.2, 0.25) is 0 Å². The number of hydrogen-bond donors (Lipinski definition) is 4. The van der Waals surface area contributed by atoms with Crippen LogP contribution in [0.3, 0.4) is 0 Å². The molecule has 14 heavy (non-hydrogen) atoms. The number of rotatable bonds is 2. The molecule has 0 heterocycles. The number of aliphatic carboxylic acids is 1. The molecule has 5 heteroatoms. The quantitative estimate of drug-likeness (QED) is 0.548. The maximum atomic E-state index is 10.8. The van der Waals surface area contributed by atoms with Crippen LogP contribution in [0.4, 0.5) is 0 Å². The van der Waals surface area contributed by atoms with E-state index in [1.807, 2.05) is 0 Å². The Morgan fingerprint density at radius 2 is 1.79 bits per heavy atom. The fourth-order valence-electron chi connectivity index (χ4n) is 1.17. The predicted molar refractivity (Wildman–Crippen MR) is 48.9 cm³/mol. The maximum Gasteiger partial charge on any atom is 0.328 e. The molecule has 0 aliphatic carbocycles. The molecule has 1 aromatic rings. The summed E-state index contributed by atoms with van der Waals surface area (Å²) in [5.41, 5.74) is 3.47. The fourth-order valence-corrected chi connectivity index (χ4v) is 1.17. The zero-order chi connectivity index (χ0) is 10.9. The van der Waals surface area contributed by atoms with Gasteiger partial charge in [-0.15, -0.1) is 0 Å². The molecular weight excluding hydrogens is 186 g/mol. The van der Waals surface area contributed by atoms with Gasteiger partial charge in [0.1, 0.15) is 17.0 Å². The average molecular weight is 197 g/mol. The highest BCUT2D eigenvalue weighted by Gasteiger charge is 2.35. The van der Waals surface area contributed by atoms with Crippen molar-refractivity contribution in [1.82, 2.24) is 0 Å². The van der Waals surface area contributed by atoms with E-state index in [4.69, 9.17) is 10.8 Å². The number of benzene rings is 1. The van der Waals surface area contributed by atoms with Gasteiger partial charge >= 0.3 is 5.97 Å². The van der Waals surface area contributed by atoms with Crippen molar-refractivity contribution in [1.29, 1.82) is 0 Å². The lowest BCUT2D eigenvalue weighted by Gasteiger charge is -2.21. The first-order valence-corrected chi connectivity index (χ1v) is 3.91. The van der Waals surface area contributed by atoms with Crippen LogP contribution < -0.4 is 5.73 Å². The highest BCUT2D eigenvalue weighted by molar-refractivity contribution is 5.82. The summed E-state index contributed by atoms with van der Waals surface area (Å²) in [6, 6.07) is 3.93. The van der Waals surface area contributed by atoms with Gasteiger partial charge in [0.05, 0.1) is 5.56 Å². The molecule has 1 aromatic carbocycles. The number of hydrogen-bond acceptors (Lipinski definition) is 4. The summed E-state index contributed by atoms with van der Waals surface area (Å²) < 4.78 is 0. The van der Waals surface area contributed by atoms with E-state index >= 15 is 0 Å². The molecule has 0 saturated carbocycles. The summed E-state index contributed by atoms with van der Waals surface area (Å²) in [6.07, 6.45) is 0. The molecule has 1 atom stereocenters. The third kappa shape index (κ3) is 1.49. The maximum absolute atomic E-state index is 10.8. The number of phenolic OH excluding ortho intramolecular Hbond substituents is 2. The largest absolute Gasteiger partial charge is 0.507 e. The molecule has 0 radical (unpaired) electrons. The molecule has 5 N–H and O–H groups in total. The first-order chi connectivity index (χ1) is 6.37. The second-order valence-electron chi connectivity index (χ2n) is 3.18. The topological polar surface area (TPSA) is 104 Å². The van der Waals surface area contributed by atoms with E-state index in [0.29, 0.717) is 0 Å². The summed E-state index contributed by atoms with van der Waals surface area (Å²) in [5, 5.41) is 27.5. The molecule has 0 aromatic heterocycles. The Bertz CT molecular complexity index is 353. The standard InChI is InChI=1S/C9H11NO4/c1-9(10,8(13)14)7-5(11)3-2-4-6(7)12/h2-4,11-12H,10H2,1H3,(H,13,14)/t9-/m0/s1. The SMILES string of the molecule is C[C@@](N)(C(=O)O)c1c(O)cccc1O. The van der Waals surface area contributed by atoms with Crippen LogP contribution in [-0.2, 0) is 10.3 Å². The summed E-state index contributed by atoms with van der Waals surface area (Å²) in [4.78, 5) is 10.8. The highest BCUT2D eigenvalue weighted by atomic mass is 16.4.